The van der Waals surface area contributed by atoms with Gasteiger partial charge < -0.3 is 10.2 Å². The van der Waals surface area contributed by atoms with Gasteiger partial charge in [0.2, 0.25) is 0 Å². The lowest BCUT2D eigenvalue weighted by atomic mass is 9.67. The minimum absolute atomic E-state index is 0.0762. The van der Waals surface area contributed by atoms with E-state index in [1.807, 2.05) is 0 Å². The number of imide groups is 1. The molecular formula is C23H33N5O4. The summed E-state index contributed by atoms with van der Waals surface area (Å²) in [5, 5.41) is 13.9. The summed E-state index contributed by atoms with van der Waals surface area (Å²) in [7, 11) is 0. The molecule has 9 heteroatoms. The van der Waals surface area contributed by atoms with Gasteiger partial charge in [0.25, 0.3) is 11.6 Å². The molecule has 4 rings (SSSR count). The molecule has 1 aromatic carbocycles. The summed E-state index contributed by atoms with van der Waals surface area (Å²) in [6.07, 6.45) is 3.34. The van der Waals surface area contributed by atoms with Gasteiger partial charge in [-0.1, -0.05) is 20.8 Å². The van der Waals surface area contributed by atoms with E-state index in [2.05, 4.69) is 35.9 Å². The molecule has 0 unspecified atom stereocenters. The van der Waals surface area contributed by atoms with Crippen molar-refractivity contribution < 1.29 is 14.5 Å². The van der Waals surface area contributed by atoms with Crippen LogP contribution < -0.4 is 10.2 Å². The SMILES string of the molecule is CC(C)(C)C1CCC2(CC1)NC(=O)N(CN1CCN(c3ccc([N+](=O)[O-])cc3)CC1)C2=O. The molecule has 1 spiro atoms. The van der Waals surface area contributed by atoms with E-state index in [0.29, 0.717) is 38.5 Å². The van der Waals surface area contributed by atoms with E-state index in [9.17, 15) is 19.7 Å². The molecule has 0 aromatic heterocycles. The van der Waals surface area contributed by atoms with Crippen molar-refractivity contribution in [2.24, 2.45) is 11.3 Å². The van der Waals surface area contributed by atoms with Crippen LogP contribution in [-0.2, 0) is 4.79 Å². The number of amides is 3. The van der Waals surface area contributed by atoms with Crippen LogP contribution in [0.4, 0.5) is 16.2 Å². The van der Waals surface area contributed by atoms with Gasteiger partial charge in [0.15, 0.2) is 0 Å². The molecule has 2 saturated heterocycles. The Balaban J connectivity index is 1.32. The predicted molar refractivity (Wildman–Crippen MR) is 121 cm³/mol. The van der Waals surface area contributed by atoms with Gasteiger partial charge in [-0.25, -0.2) is 9.69 Å². The lowest BCUT2D eigenvalue weighted by Crippen LogP contribution is -2.53. The first-order valence-corrected chi connectivity index (χ1v) is 11.4. The number of non-ortho nitro benzene ring substituents is 1. The van der Waals surface area contributed by atoms with Crippen molar-refractivity contribution in [1.29, 1.82) is 0 Å². The molecule has 1 saturated carbocycles. The monoisotopic (exact) mass is 443 g/mol. The smallest absolute Gasteiger partial charge is 0.326 e. The zero-order chi connectivity index (χ0) is 23.1. The maximum absolute atomic E-state index is 13.2. The van der Waals surface area contributed by atoms with Crippen LogP contribution in [0, 0.1) is 21.4 Å². The molecule has 9 nitrogen and oxygen atoms in total. The third-order valence-electron chi connectivity index (χ3n) is 7.45. The van der Waals surface area contributed by atoms with Gasteiger partial charge in [-0.15, -0.1) is 0 Å². The Morgan fingerprint density at radius 3 is 2.19 bits per heavy atom. The molecule has 3 amide bonds. The van der Waals surface area contributed by atoms with Crippen LogP contribution in [0.5, 0.6) is 0 Å². The second kappa shape index (κ2) is 8.35. The molecule has 1 aliphatic carbocycles. The number of carbonyl (C=O) groups is 2. The number of rotatable bonds is 4. The molecule has 2 heterocycles. The fourth-order valence-electron chi connectivity index (χ4n) is 5.25. The number of carbonyl (C=O) groups excluding carboxylic acids is 2. The van der Waals surface area contributed by atoms with Crippen molar-refractivity contribution in [3.05, 3.63) is 34.4 Å². The highest BCUT2D eigenvalue weighted by Crippen LogP contribution is 2.43. The summed E-state index contributed by atoms with van der Waals surface area (Å²) in [5.74, 6) is 0.493. The molecule has 3 aliphatic rings. The summed E-state index contributed by atoms with van der Waals surface area (Å²) in [4.78, 5) is 42.1. The van der Waals surface area contributed by atoms with Crippen LogP contribution in [0.2, 0.25) is 0 Å². The number of anilines is 1. The van der Waals surface area contributed by atoms with E-state index in [-0.39, 0.29) is 23.0 Å². The highest BCUT2D eigenvalue weighted by atomic mass is 16.6. The Morgan fingerprint density at radius 1 is 1.06 bits per heavy atom. The van der Waals surface area contributed by atoms with E-state index in [0.717, 1.165) is 31.6 Å². The van der Waals surface area contributed by atoms with Gasteiger partial charge in [0.1, 0.15) is 5.54 Å². The lowest BCUT2D eigenvalue weighted by Gasteiger charge is -2.41. The van der Waals surface area contributed by atoms with Crippen LogP contribution in [-0.4, -0.2) is 65.0 Å². The van der Waals surface area contributed by atoms with Crippen LogP contribution in [0.25, 0.3) is 0 Å². The number of nitrogens with zero attached hydrogens (tertiary/aromatic N) is 4. The first kappa shape index (κ1) is 22.5. The Hall–Kier alpha value is -2.68. The zero-order valence-electron chi connectivity index (χ0n) is 19.2. The third-order valence-corrected chi connectivity index (χ3v) is 7.45. The van der Waals surface area contributed by atoms with Gasteiger partial charge in [0.05, 0.1) is 11.6 Å². The molecular weight excluding hydrogens is 410 g/mol. The summed E-state index contributed by atoms with van der Waals surface area (Å²) < 4.78 is 0. The predicted octanol–water partition coefficient (Wildman–Crippen LogP) is 3.20. The van der Waals surface area contributed by atoms with Gasteiger partial charge in [-0.05, 0) is 49.1 Å². The Kier molecular flexibility index (Phi) is 5.87. The highest BCUT2D eigenvalue weighted by Gasteiger charge is 2.53. The molecule has 0 atom stereocenters. The number of benzene rings is 1. The molecule has 2 aliphatic heterocycles. The number of nitro groups is 1. The minimum atomic E-state index is -0.723. The average molecular weight is 444 g/mol. The number of hydrogen-bond acceptors (Lipinski definition) is 6. The van der Waals surface area contributed by atoms with Gasteiger partial charge in [-0.3, -0.25) is 19.8 Å². The van der Waals surface area contributed by atoms with E-state index < -0.39 is 10.5 Å². The fourth-order valence-corrected chi connectivity index (χ4v) is 5.25. The Bertz CT molecular complexity index is 879. The maximum Gasteiger partial charge on any atom is 0.326 e. The molecule has 174 valence electrons. The van der Waals surface area contributed by atoms with E-state index in [4.69, 9.17) is 0 Å². The van der Waals surface area contributed by atoms with Gasteiger partial charge in [-0.2, -0.15) is 0 Å². The van der Waals surface area contributed by atoms with Crippen molar-refractivity contribution >= 4 is 23.3 Å². The minimum Gasteiger partial charge on any atom is -0.369 e. The summed E-state index contributed by atoms with van der Waals surface area (Å²) in [6.45, 7) is 9.94. The Morgan fingerprint density at radius 2 is 1.66 bits per heavy atom. The van der Waals surface area contributed by atoms with E-state index in [1.165, 1.54) is 17.0 Å². The van der Waals surface area contributed by atoms with E-state index >= 15 is 0 Å². The van der Waals surface area contributed by atoms with Crippen molar-refractivity contribution in [1.82, 2.24) is 15.1 Å². The quantitative estimate of drug-likeness (QED) is 0.436. The Labute approximate surface area is 188 Å². The number of nitro benzene ring substituents is 1. The maximum atomic E-state index is 13.2. The summed E-state index contributed by atoms with van der Waals surface area (Å²) >= 11 is 0. The summed E-state index contributed by atoms with van der Waals surface area (Å²) in [5.41, 5.74) is 0.520. The van der Waals surface area contributed by atoms with Crippen LogP contribution in [0.1, 0.15) is 46.5 Å². The second-order valence-corrected chi connectivity index (χ2v) is 10.4. The first-order valence-electron chi connectivity index (χ1n) is 11.4. The largest absolute Gasteiger partial charge is 0.369 e. The van der Waals surface area contributed by atoms with Crippen LogP contribution in [0.15, 0.2) is 24.3 Å². The molecule has 1 aromatic rings. The number of nitrogens with one attached hydrogen (secondary N) is 1. The van der Waals surface area contributed by atoms with E-state index in [1.54, 1.807) is 12.1 Å². The standard InChI is InChI=1S/C23H33N5O4/c1-22(2,3)17-8-10-23(11-9-17)20(29)27(21(30)24-23)16-25-12-14-26(15-13-25)18-4-6-19(7-5-18)28(31)32/h4-7,17H,8-16H2,1-3H3,(H,24,30). The topological polar surface area (TPSA) is 99.0 Å². The van der Waals surface area contributed by atoms with Gasteiger partial charge >= 0.3 is 6.03 Å². The first-order chi connectivity index (χ1) is 15.1. The number of piperazine rings is 1. The molecule has 1 N–H and O–H groups in total. The van der Waals surface area contributed by atoms with Crippen LogP contribution >= 0.6 is 0 Å². The molecule has 0 radical (unpaired) electrons. The second-order valence-electron chi connectivity index (χ2n) is 10.4. The molecule has 32 heavy (non-hydrogen) atoms. The van der Waals surface area contributed by atoms with Crippen molar-refractivity contribution in [3.8, 4) is 0 Å². The number of hydrogen-bond donors (Lipinski definition) is 1. The van der Waals surface area contributed by atoms with Gasteiger partial charge in [0, 0.05) is 44.0 Å². The fraction of sp³-hybridized carbons (Fsp3) is 0.652. The zero-order valence-corrected chi connectivity index (χ0v) is 19.2. The van der Waals surface area contributed by atoms with Crippen molar-refractivity contribution in [2.45, 2.75) is 52.0 Å². The lowest BCUT2D eigenvalue weighted by molar-refractivity contribution is -0.384. The van der Waals surface area contributed by atoms with Crippen LogP contribution in [0.3, 0.4) is 0 Å². The van der Waals surface area contributed by atoms with Crippen molar-refractivity contribution in [2.75, 3.05) is 37.7 Å². The highest BCUT2D eigenvalue weighted by molar-refractivity contribution is 6.07. The molecule has 0 bridgehead atoms. The third kappa shape index (κ3) is 4.30. The number of urea groups is 1. The summed E-state index contributed by atoms with van der Waals surface area (Å²) in [6, 6.07) is 6.29. The average Bonchev–Trinajstić information content (AvgIpc) is 2.98. The van der Waals surface area contributed by atoms with Crippen molar-refractivity contribution in [3.63, 3.8) is 0 Å². The normalized spacial score (nSPS) is 27.2. The molecule has 3 fully saturated rings.